The Bertz CT molecular complexity index is 763. The topological polar surface area (TPSA) is 79.3 Å². The summed E-state index contributed by atoms with van der Waals surface area (Å²) < 4.78 is 0. The molecule has 0 radical (unpaired) electrons. The molecule has 1 heterocycles. The van der Waals surface area contributed by atoms with Crippen LogP contribution >= 0.6 is 11.3 Å². The molecule has 3 rings (SSSR count). The standard InChI is InChI=1S/C18H20N2O3S/c1-12-5-4-6-13(9-12)18(7-2-3-8-18)17(23)19-10-15-20-14(11-24-15)16(21)22/h4-6,9,11H,2-3,7-8,10H2,1H3,(H,19,23)(H,21,22). The molecule has 0 aliphatic heterocycles. The van der Waals surface area contributed by atoms with E-state index in [0.717, 1.165) is 36.8 Å². The first kappa shape index (κ1) is 16.6. The molecule has 1 amide bonds. The summed E-state index contributed by atoms with van der Waals surface area (Å²) in [5, 5.41) is 14.0. The van der Waals surface area contributed by atoms with Gasteiger partial charge in [0.1, 0.15) is 5.01 Å². The van der Waals surface area contributed by atoms with Gasteiger partial charge in [-0.3, -0.25) is 4.79 Å². The van der Waals surface area contributed by atoms with Crippen LogP contribution in [0.3, 0.4) is 0 Å². The lowest BCUT2D eigenvalue weighted by molar-refractivity contribution is -0.126. The molecule has 1 aromatic heterocycles. The van der Waals surface area contributed by atoms with Gasteiger partial charge in [0.05, 0.1) is 12.0 Å². The second kappa shape index (κ2) is 6.73. The Morgan fingerprint density at radius 1 is 1.33 bits per heavy atom. The average molecular weight is 344 g/mol. The second-order valence-corrected chi connectivity index (χ2v) is 7.22. The lowest BCUT2D eigenvalue weighted by Crippen LogP contribution is -2.42. The Kier molecular flexibility index (Phi) is 4.66. The molecule has 126 valence electrons. The molecule has 1 aliphatic rings. The summed E-state index contributed by atoms with van der Waals surface area (Å²) in [5.74, 6) is -1.03. The van der Waals surface area contributed by atoms with E-state index in [9.17, 15) is 9.59 Å². The minimum atomic E-state index is -1.05. The van der Waals surface area contributed by atoms with E-state index in [-0.39, 0.29) is 18.1 Å². The smallest absolute Gasteiger partial charge is 0.355 e. The van der Waals surface area contributed by atoms with Gasteiger partial charge in [-0.05, 0) is 25.3 Å². The molecule has 0 bridgehead atoms. The zero-order valence-corrected chi connectivity index (χ0v) is 14.4. The maximum absolute atomic E-state index is 12.9. The first-order valence-corrected chi connectivity index (χ1v) is 8.92. The number of hydrogen-bond acceptors (Lipinski definition) is 4. The van der Waals surface area contributed by atoms with Crippen molar-refractivity contribution < 1.29 is 14.7 Å². The molecule has 6 heteroatoms. The second-order valence-electron chi connectivity index (χ2n) is 6.27. The molecular weight excluding hydrogens is 324 g/mol. The average Bonchev–Trinajstić information content (AvgIpc) is 3.23. The van der Waals surface area contributed by atoms with E-state index < -0.39 is 11.4 Å². The van der Waals surface area contributed by atoms with Crippen LogP contribution < -0.4 is 5.32 Å². The number of aryl methyl sites for hydroxylation is 1. The Morgan fingerprint density at radius 3 is 2.71 bits per heavy atom. The minimum Gasteiger partial charge on any atom is -0.476 e. The highest BCUT2D eigenvalue weighted by Gasteiger charge is 2.42. The van der Waals surface area contributed by atoms with Crippen molar-refractivity contribution >= 4 is 23.2 Å². The van der Waals surface area contributed by atoms with Gasteiger partial charge in [0.15, 0.2) is 5.69 Å². The lowest BCUT2D eigenvalue weighted by Gasteiger charge is -2.28. The number of carboxylic acids is 1. The van der Waals surface area contributed by atoms with Gasteiger partial charge >= 0.3 is 5.97 Å². The van der Waals surface area contributed by atoms with E-state index in [1.54, 1.807) is 0 Å². The molecule has 0 saturated heterocycles. The number of benzene rings is 1. The molecule has 2 N–H and O–H groups in total. The molecule has 1 aromatic carbocycles. The molecule has 0 spiro atoms. The van der Waals surface area contributed by atoms with Crippen LogP contribution in [0.2, 0.25) is 0 Å². The Balaban J connectivity index is 1.76. The van der Waals surface area contributed by atoms with Gasteiger partial charge in [-0.15, -0.1) is 11.3 Å². The van der Waals surface area contributed by atoms with Gasteiger partial charge in [0.25, 0.3) is 0 Å². The molecular formula is C18H20N2O3S. The number of nitrogens with zero attached hydrogens (tertiary/aromatic N) is 1. The highest BCUT2D eigenvalue weighted by molar-refractivity contribution is 7.09. The first-order valence-electron chi connectivity index (χ1n) is 8.04. The minimum absolute atomic E-state index is 0.0117. The molecule has 0 unspecified atom stereocenters. The van der Waals surface area contributed by atoms with Crippen LogP contribution in [0, 0.1) is 6.92 Å². The SMILES string of the molecule is Cc1cccc(C2(C(=O)NCc3nc(C(=O)O)cs3)CCCC2)c1. The van der Waals surface area contributed by atoms with Crippen LogP contribution in [-0.4, -0.2) is 22.0 Å². The zero-order chi connectivity index (χ0) is 17.2. The summed E-state index contributed by atoms with van der Waals surface area (Å²) in [6, 6.07) is 8.16. The Hall–Kier alpha value is -2.21. The van der Waals surface area contributed by atoms with Crippen LogP contribution in [0.1, 0.15) is 52.3 Å². The van der Waals surface area contributed by atoms with Crippen LogP contribution in [0.5, 0.6) is 0 Å². The van der Waals surface area contributed by atoms with Gasteiger partial charge in [0.2, 0.25) is 5.91 Å². The summed E-state index contributed by atoms with van der Waals surface area (Å²) in [4.78, 5) is 27.9. The number of hydrogen-bond donors (Lipinski definition) is 2. The number of thiazole rings is 1. The third-order valence-electron chi connectivity index (χ3n) is 4.63. The van der Waals surface area contributed by atoms with Crippen LogP contribution in [0.25, 0.3) is 0 Å². The van der Waals surface area contributed by atoms with Crippen LogP contribution in [0.15, 0.2) is 29.6 Å². The number of nitrogens with one attached hydrogen (secondary N) is 1. The van der Waals surface area contributed by atoms with Crippen LogP contribution in [0.4, 0.5) is 0 Å². The van der Waals surface area contributed by atoms with Crippen molar-refractivity contribution in [3.05, 3.63) is 51.5 Å². The van der Waals surface area contributed by atoms with E-state index in [1.807, 2.05) is 25.1 Å². The van der Waals surface area contributed by atoms with E-state index in [1.165, 1.54) is 16.7 Å². The van der Waals surface area contributed by atoms with Crippen molar-refractivity contribution in [1.82, 2.24) is 10.3 Å². The van der Waals surface area contributed by atoms with Crippen molar-refractivity contribution in [3.8, 4) is 0 Å². The van der Waals surface area contributed by atoms with Gasteiger partial charge in [-0.1, -0.05) is 42.7 Å². The Morgan fingerprint density at radius 2 is 2.08 bits per heavy atom. The third-order valence-corrected chi connectivity index (χ3v) is 5.48. The van der Waals surface area contributed by atoms with Gasteiger partial charge < -0.3 is 10.4 Å². The van der Waals surface area contributed by atoms with E-state index >= 15 is 0 Å². The number of amides is 1. The number of carboxylic acid groups (broad SMARTS) is 1. The summed E-state index contributed by atoms with van der Waals surface area (Å²) >= 11 is 1.25. The highest BCUT2D eigenvalue weighted by Crippen LogP contribution is 2.41. The van der Waals surface area contributed by atoms with Crippen molar-refractivity contribution in [2.75, 3.05) is 0 Å². The third kappa shape index (κ3) is 3.19. The quantitative estimate of drug-likeness (QED) is 0.872. The summed E-state index contributed by atoms with van der Waals surface area (Å²) in [6.07, 6.45) is 3.78. The lowest BCUT2D eigenvalue weighted by atomic mass is 9.77. The summed E-state index contributed by atoms with van der Waals surface area (Å²) in [6.45, 7) is 2.30. The molecule has 1 saturated carbocycles. The molecule has 5 nitrogen and oxygen atoms in total. The van der Waals surface area contributed by atoms with Gasteiger partial charge in [-0.25, -0.2) is 9.78 Å². The van der Waals surface area contributed by atoms with Crippen LogP contribution in [-0.2, 0) is 16.8 Å². The largest absolute Gasteiger partial charge is 0.476 e. The van der Waals surface area contributed by atoms with Crippen molar-refractivity contribution in [2.45, 2.75) is 44.6 Å². The Labute approximate surface area is 144 Å². The van der Waals surface area contributed by atoms with Crippen molar-refractivity contribution in [3.63, 3.8) is 0 Å². The normalized spacial score (nSPS) is 16.0. The molecule has 24 heavy (non-hydrogen) atoms. The van der Waals surface area contributed by atoms with Crippen molar-refractivity contribution in [2.24, 2.45) is 0 Å². The monoisotopic (exact) mass is 344 g/mol. The maximum atomic E-state index is 12.9. The summed E-state index contributed by atoms with van der Waals surface area (Å²) in [7, 11) is 0. The van der Waals surface area contributed by atoms with E-state index in [4.69, 9.17) is 5.11 Å². The van der Waals surface area contributed by atoms with Gasteiger partial charge in [-0.2, -0.15) is 0 Å². The van der Waals surface area contributed by atoms with E-state index in [2.05, 4.69) is 16.4 Å². The first-order chi connectivity index (χ1) is 11.5. The molecule has 2 aromatic rings. The fourth-order valence-corrected chi connectivity index (χ4v) is 4.09. The number of carbonyl (C=O) groups excluding carboxylic acids is 1. The fraction of sp³-hybridized carbons (Fsp3) is 0.389. The summed E-state index contributed by atoms with van der Waals surface area (Å²) in [5.41, 5.74) is 1.78. The number of aromatic carboxylic acids is 1. The maximum Gasteiger partial charge on any atom is 0.355 e. The van der Waals surface area contributed by atoms with E-state index in [0.29, 0.717) is 5.01 Å². The van der Waals surface area contributed by atoms with Gasteiger partial charge in [0, 0.05) is 5.38 Å². The fourth-order valence-electron chi connectivity index (χ4n) is 3.38. The molecule has 0 atom stereocenters. The number of aromatic nitrogens is 1. The number of carbonyl (C=O) groups is 2. The predicted octanol–water partition coefficient (Wildman–Crippen LogP) is 3.28. The van der Waals surface area contributed by atoms with Crippen molar-refractivity contribution in [1.29, 1.82) is 0 Å². The molecule has 1 fully saturated rings. The molecule has 1 aliphatic carbocycles. The highest BCUT2D eigenvalue weighted by atomic mass is 32.1. The number of rotatable bonds is 5. The predicted molar refractivity (Wildman–Crippen MR) is 92.2 cm³/mol. The zero-order valence-electron chi connectivity index (χ0n) is 13.5.